The summed E-state index contributed by atoms with van der Waals surface area (Å²) in [4.78, 5) is 15.7. The van der Waals surface area contributed by atoms with E-state index in [0.717, 1.165) is 23.5 Å². The second-order valence-electron chi connectivity index (χ2n) is 4.97. The lowest BCUT2D eigenvalue weighted by Crippen LogP contribution is -2.35. The van der Waals surface area contributed by atoms with Crippen LogP contribution in [0.1, 0.15) is 49.2 Å². The highest BCUT2D eigenvalue weighted by atomic mass is 32.1. The number of ether oxygens (including phenoxy) is 1. The van der Waals surface area contributed by atoms with Crippen LogP contribution in [0.3, 0.4) is 0 Å². The summed E-state index contributed by atoms with van der Waals surface area (Å²) in [7, 11) is 1.39. The van der Waals surface area contributed by atoms with Gasteiger partial charge in [-0.05, 0) is 12.8 Å². The number of hydrogen-bond acceptors (Lipinski definition) is 5. The van der Waals surface area contributed by atoms with Crippen LogP contribution >= 0.6 is 11.3 Å². The lowest BCUT2D eigenvalue weighted by atomic mass is 9.92. The molecule has 1 heterocycles. The molecule has 1 aliphatic carbocycles. The van der Waals surface area contributed by atoms with Crippen molar-refractivity contribution in [2.75, 3.05) is 7.11 Å². The van der Waals surface area contributed by atoms with Gasteiger partial charge in [0.25, 0.3) is 0 Å². The van der Waals surface area contributed by atoms with E-state index in [-0.39, 0.29) is 17.9 Å². The highest BCUT2D eigenvalue weighted by Crippen LogP contribution is 2.35. The Bertz CT molecular complexity index is 409. The fourth-order valence-electron chi connectivity index (χ4n) is 2.41. The van der Waals surface area contributed by atoms with Crippen molar-refractivity contribution in [3.05, 3.63) is 16.1 Å². The minimum Gasteiger partial charge on any atom is -0.469 e. The highest BCUT2D eigenvalue weighted by Gasteiger charge is 2.31. The van der Waals surface area contributed by atoms with Gasteiger partial charge >= 0.3 is 5.97 Å². The number of thiazole rings is 1. The van der Waals surface area contributed by atoms with Crippen molar-refractivity contribution in [3.63, 3.8) is 0 Å². The van der Waals surface area contributed by atoms with Crippen LogP contribution in [0, 0.1) is 0 Å². The summed E-state index contributed by atoms with van der Waals surface area (Å²) in [6.45, 7) is 0. The fraction of sp³-hybridized carbons (Fsp3) is 0.692. The Labute approximate surface area is 112 Å². The van der Waals surface area contributed by atoms with Crippen molar-refractivity contribution in [3.8, 4) is 0 Å². The molecule has 0 bridgehead atoms. The lowest BCUT2D eigenvalue weighted by Gasteiger charge is -2.25. The fourth-order valence-corrected chi connectivity index (χ4v) is 3.40. The molecule has 0 aromatic carbocycles. The number of nitrogens with two attached hydrogens (primary N) is 1. The third-order valence-corrected chi connectivity index (χ3v) is 4.64. The van der Waals surface area contributed by atoms with Crippen LogP contribution in [0.4, 0.5) is 0 Å². The molecule has 1 fully saturated rings. The van der Waals surface area contributed by atoms with Crippen LogP contribution in [0.5, 0.6) is 0 Å². The molecular weight excluding hydrogens is 248 g/mol. The second-order valence-corrected chi connectivity index (χ2v) is 5.83. The molecule has 1 aromatic heterocycles. The minimum atomic E-state index is -0.282. The van der Waals surface area contributed by atoms with E-state index in [1.165, 1.54) is 32.8 Å². The average molecular weight is 268 g/mol. The van der Waals surface area contributed by atoms with E-state index in [1.54, 1.807) is 11.3 Å². The smallest absolute Gasteiger partial charge is 0.311 e. The van der Waals surface area contributed by atoms with Gasteiger partial charge in [-0.15, -0.1) is 11.3 Å². The molecule has 100 valence electrons. The molecule has 5 heteroatoms. The highest BCUT2D eigenvalue weighted by molar-refractivity contribution is 7.09. The van der Waals surface area contributed by atoms with Gasteiger partial charge in [0.2, 0.25) is 0 Å². The molecule has 1 saturated carbocycles. The van der Waals surface area contributed by atoms with Crippen molar-refractivity contribution in [2.45, 2.75) is 50.5 Å². The minimum absolute atomic E-state index is 0.239. The molecule has 4 nitrogen and oxygen atoms in total. The van der Waals surface area contributed by atoms with E-state index in [0.29, 0.717) is 0 Å². The summed E-state index contributed by atoms with van der Waals surface area (Å²) >= 11 is 1.57. The van der Waals surface area contributed by atoms with Crippen LogP contribution in [0.25, 0.3) is 0 Å². The quantitative estimate of drug-likeness (QED) is 0.675. The van der Waals surface area contributed by atoms with Gasteiger partial charge < -0.3 is 10.5 Å². The number of hydrogen-bond donors (Lipinski definition) is 1. The number of carbonyl (C=O) groups is 1. The molecule has 0 spiro atoms. The first-order valence-corrected chi connectivity index (χ1v) is 7.32. The van der Waals surface area contributed by atoms with Gasteiger partial charge in [-0.2, -0.15) is 0 Å². The first kappa shape index (κ1) is 13.5. The summed E-state index contributed by atoms with van der Waals surface area (Å²) in [5.41, 5.74) is 6.98. The van der Waals surface area contributed by atoms with Crippen LogP contribution in [0.15, 0.2) is 5.38 Å². The van der Waals surface area contributed by atoms with Crippen molar-refractivity contribution in [1.82, 2.24) is 4.98 Å². The summed E-state index contributed by atoms with van der Waals surface area (Å²) < 4.78 is 4.65. The Morgan fingerprint density at radius 2 is 2.11 bits per heavy atom. The first-order chi connectivity index (χ1) is 8.64. The summed E-state index contributed by atoms with van der Waals surface area (Å²) in [5, 5.41) is 2.90. The van der Waals surface area contributed by atoms with Crippen molar-refractivity contribution in [2.24, 2.45) is 5.73 Å². The average Bonchev–Trinajstić information content (AvgIpc) is 2.72. The zero-order chi connectivity index (χ0) is 13.0. The molecule has 0 aliphatic heterocycles. The van der Waals surface area contributed by atoms with Gasteiger partial charge in [-0.1, -0.05) is 25.7 Å². The molecule has 0 saturated heterocycles. The zero-order valence-corrected chi connectivity index (χ0v) is 11.6. The predicted octanol–water partition coefficient (Wildman–Crippen LogP) is 2.37. The maximum absolute atomic E-state index is 11.2. The Balaban J connectivity index is 2.10. The molecule has 1 aliphatic rings. The standard InChI is InChI=1S/C13H20N2O2S/c1-17-11(16)8-10-9-18-12(15-10)13(14)6-4-2-3-5-7-13/h9H,2-8,14H2,1H3. The Morgan fingerprint density at radius 3 is 2.72 bits per heavy atom. The van der Waals surface area contributed by atoms with E-state index in [4.69, 9.17) is 5.73 Å². The first-order valence-electron chi connectivity index (χ1n) is 6.45. The topological polar surface area (TPSA) is 65.2 Å². The molecule has 0 unspecified atom stereocenters. The van der Waals surface area contributed by atoms with Gasteiger partial charge in [0.15, 0.2) is 0 Å². The predicted molar refractivity (Wildman–Crippen MR) is 71.4 cm³/mol. The zero-order valence-electron chi connectivity index (χ0n) is 10.8. The lowest BCUT2D eigenvalue weighted by molar-refractivity contribution is -0.139. The molecule has 2 rings (SSSR count). The molecule has 0 amide bonds. The van der Waals surface area contributed by atoms with Crippen LogP contribution in [0.2, 0.25) is 0 Å². The van der Waals surface area contributed by atoms with Crippen LogP contribution in [-0.2, 0) is 21.5 Å². The molecule has 18 heavy (non-hydrogen) atoms. The van der Waals surface area contributed by atoms with Gasteiger partial charge in [-0.25, -0.2) is 4.98 Å². The van der Waals surface area contributed by atoms with Crippen molar-refractivity contribution in [1.29, 1.82) is 0 Å². The monoisotopic (exact) mass is 268 g/mol. The second kappa shape index (κ2) is 5.80. The van der Waals surface area contributed by atoms with Crippen LogP contribution in [-0.4, -0.2) is 18.1 Å². The molecule has 0 atom stereocenters. The number of aromatic nitrogens is 1. The third-order valence-electron chi connectivity index (χ3n) is 3.53. The van der Waals surface area contributed by atoms with Crippen molar-refractivity contribution >= 4 is 17.3 Å². The van der Waals surface area contributed by atoms with E-state index >= 15 is 0 Å². The Hall–Kier alpha value is -0.940. The number of nitrogens with zero attached hydrogens (tertiary/aromatic N) is 1. The van der Waals surface area contributed by atoms with E-state index in [9.17, 15) is 4.79 Å². The summed E-state index contributed by atoms with van der Waals surface area (Å²) in [6, 6.07) is 0. The largest absolute Gasteiger partial charge is 0.469 e. The maximum atomic E-state index is 11.2. The SMILES string of the molecule is COC(=O)Cc1csc(C2(N)CCCCCC2)n1. The number of carbonyl (C=O) groups excluding carboxylic acids is 1. The summed E-state index contributed by atoms with van der Waals surface area (Å²) in [6.07, 6.45) is 7.10. The molecular formula is C13H20N2O2S. The van der Waals surface area contributed by atoms with E-state index in [2.05, 4.69) is 9.72 Å². The van der Waals surface area contributed by atoms with Crippen molar-refractivity contribution < 1.29 is 9.53 Å². The molecule has 2 N–H and O–H groups in total. The normalized spacial score (nSPS) is 19.2. The van der Waals surface area contributed by atoms with Gasteiger partial charge in [0.05, 0.1) is 24.8 Å². The van der Waals surface area contributed by atoms with Gasteiger partial charge in [-0.3, -0.25) is 4.79 Å². The van der Waals surface area contributed by atoms with Gasteiger partial charge in [0.1, 0.15) is 5.01 Å². The van der Waals surface area contributed by atoms with Crippen LogP contribution < -0.4 is 5.73 Å². The maximum Gasteiger partial charge on any atom is 0.311 e. The number of methoxy groups -OCH3 is 1. The Morgan fingerprint density at radius 1 is 1.44 bits per heavy atom. The van der Waals surface area contributed by atoms with E-state index < -0.39 is 0 Å². The molecule has 1 aromatic rings. The van der Waals surface area contributed by atoms with E-state index in [1.807, 2.05) is 5.38 Å². The molecule has 0 radical (unpaired) electrons. The third kappa shape index (κ3) is 3.09. The van der Waals surface area contributed by atoms with Gasteiger partial charge in [0, 0.05) is 5.38 Å². The Kier molecular flexibility index (Phi) is 4.35. The number of rotatable bonds is 3. The summed E-state index contributed by atoms with van der Waals surface area (Å²) in [5.74, 6) is -0.251. The number of esters is 1.